The fourth-order valence-electron chi connectivity index (χ4n) is 2.49. The van der Waals surface area contributed by atoms with E-state index in [1.807, 2.05) is 0 Å². The third-order valence-corrected chi connectivity index (χ3v) is 4.27. The van der Waals surface area contributed by atoms with Crippen molar-refractivity contribution in [2.75, 3.05) is 0 Å². The molecule has 0 aliphatic heterocycles. The van der Waals surface area contributed by atoms with Crippen LogP contribution in [-0.2, 0) is 11.2 Å². The maximum Gasteiger partial charge on any atom is 0.127 e. The van der Waals surface area contributed by atoms with Crippen molar-refractivity contribution in [1.29, 1.82) is 0 Å². The lowest BCUT2D eigenvalue weighted by atomic mass is 9.93. The molecule has 0 spiro atoms. The van der Waals surface area contributed by atoms with E-state index in [0.717, 1.165) is 12.7 Å². The summed E-state index contributed by atoms with van der Waals surface area (Å²) >= 11 is 3.63. The van der Waals surface area contributed by atoms with Crippen LogP contribution < -0.4 is 0 Å². The van der Waals surface area contributed by atoms with Crippen LogP contribution >= 0.6 is 15.9 Å². The van der Waals surface area contributed by atoms with Crippen molar-refractivity contribution in [2.45, 2.75) is 39.0 Å². The molecule has 1 aliphatic carbocycles. The molecule has 2 heteroatoms. The average molecular weight is 281 g/mol. The number of hydrogen-bond acceptors (Lipinski definition) is 1. The third kappa shape index (κ3) is 1.84. The molecule has 1 aromatic carbocycles. The number of benzene rings is 1. The molecule has 86 valence electrons. The average Bonchev–Trinajstić information content (AvgIpc) is 2.54. The molecule has 0 radical (unpaired) electrons. The number of aldehydes is 1. The number of carbonyl (C=O) groups is 1. The van der Waals surface area contributed by atoms with E-state index in [1.165, 1.54) is 21.2 Å². The number of rotatable bonds is 2. The summed E-state index contributed by atoms with van der Waals surface area (Å²) in [7, 11) is 0. The minimum atomic E-state index is 0.0880. The van der Waals surface area contributed by atoms with E-state index >= 15 is 0 Å². The van der Waals surface area contributed by atoms with E-state index in [4.69, 9.17) is 0 Å². The van der Waals surface area contributed by atoms with Gasteiger partial charge in [-0.25, -0.2) is 0 Å². The van der Waals surface area contributed by atoms with Crippen LogP contribution in [0.25, 0.3) is 0 Å². The van der Waals surface area contributed by atoms with E-state index in [2.05, 4.69) is 48.8 Å². The second kappa shape index (κ2) is 4.33. The first kappa shape index (κ1) is 11.8. The van der Waals surface area contributed by atoms with Crippen LogP contribution in [0.1, 0.15) is 49.3 Å². The van der Waals surface area contributed by atoms with Gasteiger partial charge in [0.25, 0.3) is 0 Å². The molecule has 0 bridgehead atoms. The molecule has 1 nitrogen and oxygen atoms in total. The van der Waals surface area contributed by atoms with Crippen LogP contribution in [0.4, 0.5) is 0 Å². The number of carbonyl (C=O) groups excluding carboxylic acids is 1. The quantitative estimate of drug-likeness (QED) is 0.747. The largest absolute Gasteiger partial charge is 0.303 e. The molecular weight excluding hydrogens is 264 g/mol. The number of hydrogen-bond donors (Lipinski definition) is 0. The lowest BCUT2D eigenvalue weighted by Gasteiger charge is -2.12. The van der Waals surface area contributed by atoms with E-state index in [0.29, 0.717) is 11.8 Å². The Morgan fingerprint density at radius 1 is 1.44 bits per heavy atom. The maximum absolute atomic E-state index is 11.2. The summed E-state index contributed by atoms with van der Waals surface area (Å²) in [5.74, 6) is 1.03. The minimum Gasteiger partial charge on any atom is -0.303 e. The van der Waals surface area contributed by atoms with E-state index in [1.54, 1.807) is 0 Å². The first-order valence-electron chi connectivity index (χ1n) is 5.82. The summed E-state index contributed by atoms with van der Waals surface area (Å²) < 4.78 is 1.17. The summed E-state index contributed by atoms with van der Waals surface area (Å²) in [5.41, 5.74) is 3.88. The highest BCUT2D eigenvalue weighted by Crippen LogP contribution is 2.41. The minimum absolute atomic E-state index is 0.0880. The van der Waals surface area contributed by atoms with Crippen molar-refractivity contribution in [1.82, 2.24) is 0 Å². The van der Waals surface area contributed by atoms with Crippen LogP contribution in [0.2, 0.25) is 0 Å². The zero-order chi connectivity index (χ0) is 11.9. The van der Waals surface area contributed by atoms with Crippen LogP contribution in [0.15, 0.2) is 16.6 Å². The van der Waals surface area contributed by atoms with Crippen molar-refractivity contribution >= 4 is 22.2 Å². The van der Waals surface area contributed by atoms with Gasteiger partial charge in [-0.3, -0.25) is 0 Å². The maximum atomic E-state index is 11.2. The van der Waals surface area contributed by atoms with Crippen LogP contribution in [0, 0.1) is 5.92 Å². The topological polar surface area (TPSA) is 17.1 Å². The van der Waals surface area contributed by atoms with Gasteiger partial charge in [0.05, 0.1) is 0 Å². The van der Waals surface area contributed by atoms with Crippen molar-refractivity contribution in [3.63, 3.8) is 0 Å². The van der Waals surface area contributed by atoms with Gasteiger partial charge >= 0.3 is 0 Å². The summed E-state index contributed by atoms with van der Waals surface area (Å²) in [6.45, 7) is 6.52. The van der Waals surface area contributed by atoms with Crippen LogP contribution in [-0.4, -0.2) is 6.29 Å². The Morgan fingerprint density at radius 3 is 2.69 bits per heavy atom. The molecule has 1 aromatic rings. The third-order valence-electron chi connectivity index (χ3n) is 3.56. The molecule has 1 aliphatic rings. The Kier molecular flexibility index (Phi) is 3.20. The Morgan fingerprint density at radius 2 is 2.12 bits per heavy atom. The molecule has 0 N–H and O–H groups in total. The Bertz CT molecular complexity index is 423. The zero-order valence-corrected chi connectivity index (χ0v) is 11.5. The second-order valence-electron chi connectivity index (χ2n) is 5.07. The first-order chi connectivity index (χ1) is 7.54. The van der Waals surface area contributed by atoms with Crippen molar-refractivity contribution in [2.24, 2.45) is 5.92 Å². The summed E-state index contributed by atoms with van der Waals surface area (Å²) in [6, 6.07) is 4.41. The van der Waals surface area contributed by atoms with Crippen molar-refractivity contribution in [3.8, 4) is 0 Å². The van der Waals surface area contributed by atoms with Gasteiger partial charge in [0.2, 0.25) is 0 Å². The van der Waals surface area contributed by atoms with Gasteiger partial charge in [-0.2, -0.15) is 0 Å². The molecule has 0 saturated carbocycles. The summed E-state index contributed by atoms with van der Waals surface area (Å²) in [6.07, 6.45) is 2.12. The van der Waals surface area contributed by atoms with E-state index < -0.39 is 0 Å². The molecule has 0 heterocycles. The molecule has 2 atom stereocenters. The summed E-state index contributed by atoms with van der Waals surface area (Å²) in [4.78, 5) is 11.2. The monoisotopic (exact) mass is 280 g/mol. The Hall–Kier alpha value is -0.630. The number of fused-ring (bicyclic) bond motifs is 1. The van der Waals surface area contributed by atoms with Gasteiger partial charge in [0.1, 0.15) is 6.29 Å². The lowest BCUT2D eigenvalue weighted by molar-refractivity contribution is -0.109. The molecule has 0 amide bonds. The molecule has 0 aromatic heterocycles. The highest BCUT2D eigenvalue weighted by molar-refractivity contribution is 9.10. The smallest absolute Gasteiger partial charge is 0.127 e. The highest BCUT2D eigenvalue weighted by Gasteiger charge is 2.31. The van der Waals surface area contributed by atoms with E-state index in [-0.39, 0.29) is 5.92 Å². The molecule has 16 heavy (non-hydrogen) atoms. The first-order valence-corrected chi connectivity index (χ1v) is 6.61. The molecule has 2 rings (SSSR count). The predicted octanol–water partition coefficient (Wildman–Crippen LogP) is 4.05. The van der Waals surface area contributed by atoms with Crippen molar-refractivity contribution in [3.05, 3.63) is 33.3 Å². The SMILES string of the molecule is CC(C)c1cc(Br)c2c(c1)C(C=O)C(C)C2. The van der Waals surface area contributed by atoms with Crippen molar-refractivity contribution < 1.29 is 4.79 Å². The highest BCUT2D eigenvalue weighted by atomic mass is 79.9. The lowest BCUT2D eigenvalue weighted by Crippen LogP contribution is -2.04. The van der Waals surface area contributed by atoms with E-state index in [9.17, 15) is 4.79 Å². The van der Waals surface area contributed by atoms with Crippen LogP contribution in [0.3, 0.4) is 0 Å². The fraction of sp³-hybridized carbons (Fsp3) is 0.500. The molecule has 2 unspecified atom stereocenters. The normalized spacial score (nSPS) is 23.6. The standard InChI is InChI=1S/C14H17BrO/c1-8(2)10-5-11-12(14(15)6-10)4-9(3)13(11)7-16/h5-9,13H,4H2,1-3H3. The van der Waals surface area contributed by atoms with Crippen LogP contribution in [0.5, 0.6) is 0 Å². The molecular formula is C14H17BrO. The molecule has 0 saturated heterocycles. The Balaban J connectivity index is 2.55. The van der Waals surface area contributed by atoms with Gasteiger partial charge in [0.15, 0.2) is 0 Å². The summed E-state index contributed by atoms with van der Waals surface area (Å²) in [5, 5.41) is 0. The van der Waals surface area contributed by atoms with Gasteiger partial charge in [-0.05, 0) is 41.0 Å². The fourth-order valence-corrected chi connectivity index (χ4v) is 3.14. The van der Waals surface area contributed by atoms with Gasteiger partial charge in [-0.15, -0.1) is 0 Å². The van der Waals surface area contributed by atoms with Gasteiger partial charge in [0, 0.05) is 10.4 Å². The Labute approximate surface area is 105 Å². The predicted molar refractivity (Wildman–Crippen MR) is 69.9 cm³/mol. The zero-order valence-electron chi connectivity index (χ0n) is 9.96. The number of halogens is 1. The molecule has 0 fully saturated rings. The second-order valence-corrected chi connectivity index (χ2v) is 5.92. The van der Waals surface area contributed by atoms with Gasteiger partial charge < -0.3 is 4.79 Å². The van der Waals surface area contributed by atoms with Gasteiger partial charge in [-0.1, -0.05) is 42.8 Å².